The summed E-state index contributed by atoms with van der Waals surface area (Å²) in [7, 11) is 0. The molecule has 1 aromatic carbocycles. The molecule has 1 atom stereocenters. The van der Waals surface area contributed by atoms with Gasteiger partial charge in [-0.25, -0.2) is 0 Å². The van der Waals surface area contributed by atoms with E-state index in [1.54, 1.807) is 12.1 Å². The maximum absolute atomic E-state index is 9.07. The smallest absolute Gasteiger partial charge is 0.115 e. The van der Waals surface area contributed by atoms with Crippen molar-refractivity contribution in [3.05, 3.63) is 29.8 Å². The third-order valence-corrected chi connectivity index (χ3v) is 1.93. The SMILES string of the molecule is CCCOC(C)c1ccc(O)cc1. The maximum atomic E-state index is 9.07. The summed E-state index contributed by atoms with van der Waals surface area (Å²) in [5, 5.41) is 9.07. The minimum Gasteiger partial charge on any atom is -0.508 e. The number of benzene rings is 1. The minimum absolute atomic E-state index is 0.112. The molecule has 0 saturated carbocycles. The average molecular weight is 180 g/mol. The molecule has 1 unspecified atom stereocenters. The first-order chi connectivity index (χ1) is 6.24. The Morgan fingerprint density at radius 3 is 2.46 bits per heavy atom. The lowest BCUT2D eigenvalue weighted by Gasteiger charge is -2.12. The van der Waals surface area contributed by atoms with Crippen molar-refractivity contribution in [1.29, 1.82) is 0 Å². The summed E-state index contributed by atoms with van der Waals surface area (Å²) in [6.45, 7) is 4.88. The summed E-state index contributed by atoms with van der Waals surface area (Å²) in [6, 6.07) is 7.13. The van der Waals surface area contributed by atoms with Crippen LogP contribution in [0, 0.1) is 0 Å². The Kier molecular flexibility index (Phi) is 3.77. The Balaban J connectivity index is 2.55. The Labute approximate surface area is 79.2 Å². The van der Waals surface area contributed by atoms with Gasteiger partial charge in [0.2, 0.25) is 0 Å². The van der Waals surface area contributed by atoms with Crippen molar-refractivity contribution in [2.45, 2.75) is 26.4 Å². The number of ether oxygens (including phenoxy) is 1. The van der Waals surface area contributed by atoms with Gasteiger partial charge in [0.05, 0.1) is 6.10 Å². The van der Waals surface area contributed by atoms with E-state index in [1.807, 2.05) is 19.1 Å². The van der Waals surface area contributed by atoms with Crippen molar-refractivity contribution >= 4 is 0 Å². The molecule has 0 aliphatic rings. The highest BCUT2D eigenvalue weighted by Crippen LogP contribution is 2.19. The first-order valence-corrected chi connectivity index (χ1v) is 4.64. The predicted octanol–water partition coefficient (Wildman–Crippen LogP) is 2.88. The largest absolute Gasteiger partial charge is 0.508 e. The summed E-state index contributed by atoms with van der Waals surface area (Å²) in [5.74, 6) is 0.298. The second kappa shape index (κ2) is 4.87. The zero-order valence-corrected chi connectivity index (χ0v) is 8.16. The first-order valence-electron chi connectivity index (χ1n) is 4.64. The van der Waals surface area contributed by atoms with E-state index in [0.29, 0.717) is 5.75 Å². The van der Waals surface area contributed by atoms with E-state index in [0.717, 1.165) is 18.6 Å². The highest BCUT2D eigenvalue weighted by molar-refractivity contribution is 5.26. The van der Waals surface area contributed by atoms with Gasteiger partial charge in [0.15, 0.2) is 0 Å². The van der Waals surface area contributed by atoms with Crippen LogP contribution in [0.15, 0.2) is 24.3 Å². The molecule has 0 aliphatic carbocycles. The predicted molar refractivity (Wildman–Crippen MR) is 52.8 cm³/mol. The van der Waals surface area contributed by atoms with E-state index in [1.165, 1.54) is 0 Å². The third-order valence-electron chi connectivity index (χ3n) is 1.93. The Morgan fingerprint density at radius 2 is 1.92 bits per heavy atom. The van der Waals surface area contributed by atoms with Crippen LogP contribution in [-0.4, -0.2) is 11.7 Å². The second-order valence-electron chi connectivity index (χ2n) is 3.10. The van der Waals surface area contributed by atoms with E-state index < -0.39 is 0 Å². The third kappa shape index (κ3) is 3.07. The van der Waals surface area contributed by atoms with Crippen LogP contribution in [0.5, 0.6) is 5.75 Å². The van der Waals surface area contributed by atoms with E-state index in [2.05, 4.69) is 6.92 Å². The van der Waals surface area contributed by atoms with Gasteiger partial charge in [0, 0.05) is 6.61 Å². The number of rotatable bonds is 4. The van der Waals surface area contributed by atoms with Crippen LogP contribution >= 0.6 is 0 Å². The van der Waals surface area contributed by atoms with Crippen molar-refractivity contribution in [2.24, 2.45) is 0 Å². The molecule has 0 amide bonds. The van der Waals surface area contributed by atoms with Gasteiger partial charge in [-0.05, 0) is 31.0 Å². The van der Waals surface area contributed by atoms with Gasteiger partial charge in [-0.15, -0.1) is 0 Å². The Morgan fingerprint density at radius 1 is 1.31 bits per heavy atom. The van der Waals surface area contributed by atoms with Crippen molar-refractivity contribution in [3.63, 3.8) is 0 Å². The van der Waals surface area contributed by atoms with Crippen molar-refractivity contribution in [3.8, 4) is 5.75 Å². The van der Waals surface area contributed by atoms with E-state index >= 15 is 0 Å². The molecule has 0 heterocycles. The summed E-state index contributed by atoms with van der Waals surface area (Å²) in [6.07, 6.45) is 1.14. The lowest BCUT2D eigenvalue weighted by atomic mass is 10.1. The fourth-order valence-electron chi connectivity index (χ4n) is 1.14. The van der Waals surface area contributed by atoms with Gasteiger partial charge >= 0.3 is 0 Å². The number of phenolic OH excluding ortho intramolecular Hbond substituents is 1. The molecule has 0 bridgehead atoms. The minimum atomic E-state index is 0.112. The molecule has 1 rings (SSSR count). The Bertz CT molecular complexity index is 241. The van der Waals surface area contributed by atoms with Gasteiger partial charge < -0.3 is 9.84 Å². The summed E-state index contributed by atoms with van der Waals surface area (Å²) in [4.78, 5) is 0. The van der Waals surface area contributed by atoms with Crippen LogP contribution in [-0.2, 0) is 4.74 Å². The van der Waals surface area contributed by atoms with Crippen molar-refractivity contribution in [1.82, 2.24) is 0 Å². The van der Waals surface area contributed by atoms with Crippen LogP contribution in [0.4, 0.5) is 0 Å². The maximum Gasteiger partial charge on any atom is 0.115 e. The molecule has 0 aromatic heterocycles. The lowest BCUT2D eigenvalue weighted by molar-refractivity contribution is 0.0662. The van der Waals surface area contributed by atoms with Gasteiger partial charge in [0.25, 0.3) is 0 Å². The fraction of sp³-hybridized carbons (Fsp3) is 0.455. The summed E-state index contributed by atoms with van der Waals surface area (Å²) >= 11 is 0. The van der Waals surface area contributed by atoms with Crippen LogP contribution in [0.1, 0.15) is 31.9 Å². The average Bonchev–Trinajstić information content (AvgIpc) is 2.15. The molecule has 72 valence electrons. The van der Waals surface area contributed by atoms with Crippen LogP contribution in [0.3, 0.4) is 0 Å². The van der Waals surface area contributed by atoms with Gasteiger partial charge in [-0.3, -0.25) is 0 Å². The summed E-state index contributed by atoms with van der Waals surface area (Å²) < 4.78 is 5.54. The van der Waals surface area contributed by atoms with Crippen LogP contribution in [0.25, 0.3) is 0 Å². The number of aromatic hydroxyl groups is 1. The zero-order valence-electron chi connectivity index (χ0n) is 8.16. The standard InChI is InChI=1S/C11H16O2/c1-3-8-13-9(2)10-4-6-11(12)7-5-10/h4-7,9,12H,3,8H2,1-2H3. The lowest BCUT2D eigenvalue weighted by Crippen LogP contribution is -2.00. The molecule has 0 aliphatic heterocycles. The quantitative estimate of drug-likeness (QED) is 0.772. The highest BCUT2D eigenvalue weighted by Gasteiger charge is 2.03. The molecule has 0 radical (unpaired) electrons. The van der Waals surface area contributed by atoms with Crippen molar-refractivity contribution in [2.75, 3.05) is 6.61 Å². The number of phenols is 1. The topological polar surface area (TPSA) is 29.5 Å². The number of hydrogen-bond acceptors (Lipinski definition) is 2. The van der Waals surface area contributed by atoms with Crippen LogP contribution in [0.2, 0.25) is 0 Å². The molecule has 0 fully saturated rings. The van der Waals surface area contributed by atoms with Crippen molar-refractivity contribution < 1.29 is 9.84 Å². The van der Waals surface area contributed by atoms with Gasteiger partial charge in [0.1, 0.15) is 5.75 Å². The van der Waals surface area contributed by atoms with E-state index in [4.69, 9.17) is 9.84 Å². The molecule has 1 aromatic rings. The molecule has 0 saturated heterocycles. The molecule has 2 heteroatoms. The zero-order chi connectivity index (χ0) is 9.68. The molecular weight excluding hydrogens is 164 g/mol. The monoisotopic (exact) mass is 180 g/mol. The van der Waals surface area contributed by atoms with E-state index in [-0.39, 0.29) is 6.10 Å². The molecular formula is C11H16O2. The van der Waals surface area contributed by atoms with E-state index in [9.17, 15) is 0 Å². The van der Waals surface area contributed by atoms with Gasteiger partial charge in [-0.1, -0.05) is 19.1 Å². The fourth-order valence-corrected chi connectivity index (χ4v) is 1.14. The second-order valence-corrected chi connectivity index (χ2v) is 3.10. The molecule has 2 nitrogen and oxygen atoms in total. The molecule has 13 heavy (non-hydrogen) atoms. The molecule has 0 spiro atoms. The summed E-state index contributed by atoms with van der Waals surface area (Å²) in [5.41, 5.74) is 1.10. The molecule has 1 N–H and O–H groups in total. The number of hydrogen-bond donors (Lipinski definition) is 1. The normalized spacial score (nSPS) is 12.8. The van der Waals surface area contributed by atoms with Gasteiger partial charge in [-0.2, -0.15) is 0 Å². The highest BCUT2D eigenvalue weighted by atomic mass is 16.5. The Hall–Kier alpha value is -1.02. The van der Waals surface area contributed by atoms with Crippen LogP contribution < -0.4 is 0 Å². The first kappa shape index (κ1) is 10.1.